The van der Waals surface area contributed by atoms with Crippen LogP contribution in [0.3, 0.4) is 0 Å². The van der Waals surface area contributed by atoms with E-state index in [9.17, 15) is 8.78 Å². The first-order valence-corrected chi connectivity index (χ1v) is 5.97. The lowest BCUT2D eigenvalue weighted by Gasteiger charge is -2.46. The third kappa shape index (κ3) is 1.61. The maximum atomic E-state index is 12.8. The predicted molar refractivity (Wildman–Crippen MR) is 56.9 cm³/mol. The Balaban J connectivity index is 2.24. The Morgan fingerprint density at radius 3 is 2.50 bits per heavy atom. The van der Waals surface area contributed by atoms with Gasteiger partial charge < -0.3 is 5.73 Å². The molecule has 1 nitrogen and oxygen atoms in total. The first-order chi connectivity index (χ1) is 6.47. The second-order valence-electron chi connectivity index (χ2n) is 3.83. The minimum atomic E-state index is -2.52. The number of hydrogen-bond acceptors (Lipinski definition) is 2. The molecule has 78 valence electrons. The number of thiophene rings is 1. The molecule has 0 spiro atoms. The van der Waals surface area contributed by atoms with Crippen LogP contribution in [0.5, 0.6) is 0 Å². The third-order valence-corrected chi connectivity index (χ3v) is 4.27. The second kappa shape index (κ2) is 3.25. The normalized spacial score (nSPS) is 23.1. The van der Waals surface area contributed by atoms with Gasteiger partial charge in [0.05, 0.1) is 3.79 Å². The lowest BCUT2D eigenvalue weighted by molar-refractivity contribution is -0.123. The van der Waals surface area contributed by atoms with Gasteiger partial charge in [0.2, 0.25) is 5.92 Å². The molecular weight excluding hydrogens is 272 g/mol. The molecule has 0 amide bonds. The van der Waals surface area contributed by atoms with Gasteiger partial charge in [0.25, 0.3) is 0 Å². The fourth-order valence-corrected chi connectivity index (χ4v) is 3.27. The van der Waals surface area contributed by atoms with Gasteiger partial charge in [-0.05, 0) is 32.9 Å². The zero-order valence-corrected chi connectivity index (χ0v) is 9.80. The second-order valence-corrected chi connectivity index (χ2v) is 6.12. The monoisotopic (exact) mass is 281 g/mol. The molecule has 0 radical (unpaired) electrons. The van der Waals surface area contributed by atoms with Crippen LogP contribution in [-0.2, 0) is 5.41 Å². The van der Waals surface area contributed by atoms with Crippen molar-refractivity contribution in [2.24, 2.45) is 5.73 Å². The quantitative estimate of drug-likeness (QED) is 0.886. The lowest BCUT2D eigenvalue weighted by atomic mass is 9.63. The molecule has 0 bridgehead atoms. The zero-order valence-electron chi connectivity index (χ0n) is 7.40. The highest BCUT2D eigenvalue weighted by Gasteiger charge is 2.56. The van der Waals surface area contributed by atoms with Crippen molar-refractivity contribution in [1.29, 1.82) is 0 Å². The highest BCUT2D eigenvalue weighted by atomic mass is 79.9. The van der Waals surface area contributed by atoms with E-state index in [0.717, 1.165) is 9.35 Å². The number of hydrogen-bond donors (Lipinski definition) is 1. The highest BCUT2D eigenvalue weighted by Crippen LogP contribution is 2.53. The molecule has 2 rings (SSSR count). The van der Waals surface area contributed by atoms with E-state index in [1.54, 1.807) is 0 Å². The molecule has 1 heterocycles. The van der Waals surface area contributed by atoms with Crippen LogP contribution in [0.2, 0.25) is 0 Å². The number of alkyl halides is 2. The average molecular weight is 282 g/mol. The minimum Gasteiger partial charge on any atom is -0.330 e. The van der Waals surface area contributed by atoms with Gasteiger partial charge in [0.1, 0.15) is 0 Å². The summed E-state index contributed by atoms with van der Waals surface area (Å²) in [7, 11) is 0. The SMILES string of the molecule is NCC1(c2csc(Br)c2)CC(F)(F)C1. The van der Waals surface area contributed by atoms with Crippen molar-refractivity contribution in [3.8, 4) is 0 Å². The molecule has 5 heteroatoms. The molecule has 0 unspecified atom stereocenters. The number of halogens is 3. The van der Waals surface area contributed by atoms with Crippen LogP contribution >= 0.6 is 27.3 Å². The maximum Gasteiger partial charge on any atom is 0.250 e. The Bertz CT molecular complexity index is 342. The van der Waals surface area contributed by atoms with Crippen LogP contribution in [0.1, 0.15) is 18.4 Å². The Hall–Kier alpha value is -0.000000000000000111. The summed E-state index contributed by atoms with van der Waals surface area (Å²) in [6.07, 6.45) is -0.223. The summed E-state index contributed by atoms with van der Waals surface area (Å²) in [5.74, 6) is -2.52. The summed E-state index contributed by atoms with van der Waals surface area (Å²) in [6.45, 7) is 0.297. The number of rotatable bonds is 2. The zero-order chi connectivity index (χ0) is 10.4. The first-order valence-electron chi connectivity index (χ1n) is 4.30. The molecule has 0 saturated heterocycles. The molecule has 1 aliphatic rings. The van der Waals surface area contributed by atoms with E-state index >= 15 is 0 Å². The molecule has 1 aromatic heterocycles. The van der Waals surface area contributed by atoms with Gasteiger partial charge in [-0.1, -0.05) is 0 Å². The largest absolute Gasteiger partial charge is 0.330 e. The Labute approximate surface area is 93.4 Å². The highest BCUT2D eigenvalue weighted by molar-refractivity contribution is 9.11. The smallest absolute Gasteiger partial charge is 0.250 e. The van der Waals surface area contributed by atoms with Crippen molar-refractivity contribution in [3.63, 3.8) is 0 Å². The van der Waals surface area contributed by atoms with E-state index in [1.165, 1.54) is 11.3 Å². The molecule has 1 saturated carbocycles. The molecular formula is C9H10BrF2NS. The van der Waals surface area contributed by atoms with Gasteiger partial charge in [-0.3, -0.25) is 0 Å². The van der Waals surface area contributed by atoms with Crippen LogP contribution < -0.4 is 5.73 Å². The van der Waals surface area contributed by atoms with Gasteiger partial charge >= 0.3 is 0 Å². The van der Waals surface area contributed by atoms with Gasteiger partial charge in [-0.2, -0.15) is 0 Å². The van der Waals surface area contributed by atoms with Crippen LogP contribution in [0, 0.1) is 0 Å². The molecule has 0 aromatic carbocycles. The van der Waals surface area contributed by atoms with E-state index in [1.807, 2.05) is 11.4 Å². The molecule has 1 aliphatic carbocycles. The van der Waals surface area contributed by atoms with Gasteiger partial charge in [-0.15, -0.1) is 11.3 Å². The van der Waals surface area contributed by atoms with Crippen molar-refractivity contribution < 1.29 is 8.78 Å². The lowest BCUT2D eigenvalue weighted by Crippen LogP contribution is -2.53. The van der Waals surface area contributed by atoms with Gasteiger partial charge in [0.15, 0.2) is 0 Å². The van der Waals surface area contributed by atoms with E-state index in [0.29, 0.717) is 6.54 Å². The van der Waals surface area contributed by atoms with Crippen molar-refractivity contribution in [1.82, 2.24) is 0 Å². The van der Waals surface area contributed by atoms with Crippen molar-refractivity contribution >= 4 is 27.3 Å². The van der Waals surface area contributed by atoms with Crippen LogP contribution in [0.15, 0.2) is 15.2 Å². The van der Waals surface area contributed by atoms with Crippen molar-refractivity contribution in [2.75, 3.05) is 6.54 Å². The molecule has 0 aliphatic heterocycles. The van der Waals surface area contributed by atoms with Crippen LogP contribution in [0.25, 0.3) is 0 Å². The molecule has 2 N–H and O–H groups in total. The fraction of sp³-hybridized carbons (Fsp3) is 0.556. The van der Waals surface area contributed by atoms with Crippen LogP contribution in [-0.4, -0.2) is 12.5 Å². The summed E-state index contributed by atoms with van der Waals surface area (Å²) in [5, 5.41) is 1.91. The standard InChI is InChI=1S/C9H10BrF2NS/c10-7-1-6(2-14-7)8(5-13)3-9(11,12)4-8/h1-2H,3-5,13H2. The number of nitrogens with two attached hydrogens (primary N) is 1. The summed E-state index contributed by atoms with van der Waals surface area (Å²) < 4.78 is 26.7. The van der Waals surface area contributed by atoms with E-state index in [2.05, 4.69) is 15.9 Å². The van der Waals surface area contributed by atoms with Gasteiger partial charge in [0, 0.05) is 24.8 Å². The third-order valence-electron chi connectivity index (χ3n) is 2.76. The van der Waals surface area contributed by atoms with E-state index < -0.39 is 11.3 Å². The average Bonchev–Trinajstić information content (AvgIpc) is 2.47. The molecule has 0 atom stereocenters. The van der Waals surface area contributed by atoms with Crippen molar-refractivity contribution in [2.45, 2.75) is 24.2 Å². The topological polar surface area (TPSA) is 26.0 Å². The maximum absolute atomic E-state index is 12.8. The summed E-state index contributed by atoms with van der Waals surface area (Å²) in [6, 6.07) is 1.90. The van der Waals surface area contributed by atoms with Crippen molar-refractivity contribution in [3.05, 3.63) is 20.8 Å². The summed E-state index contributed by atoms with van der Waals surface area (Å²) in [4.78, 5) is 0. The summed E-state index contributed by atoms with van der Waals surface area (Å²) >= 11 is 4.84. The Morgan fingerprint density at radius 1 is 1.50 bits per heavy atom. The summed E-state index contributed by atoms with van der Waals surface area (Å²) in [5.41, 5.74) is 6.05. The Kier molecular flexibility index (Phi) is 2.44. The van der Waals surface area contributed by atoms with E-state index in [-0.39, 0.29) is 12.8 Å². The minimum absolute atomic E-state index is 0.111. The van der Waals surface area contributed by atoms with Crippen LogP contribution in [0.4, 0.5) is 8.78 Å². The first kappa shape index (κ1) is 10.5. The predicted octanol–water partition coefficient (Wildman–Crippen LogP) is 3.14. The fourth-order valence-electron chi connectivity index (χ4n) is 1.99. The van der Waals surface area contributed by atoms with E-state index in [4.69, 9.17) is 5.73 Å². The van der Waals surface area contributed by atoms with Gasteiger partial charge in [-0.25, -0.2) is 8.78 Å². The Morgan fingerprint density at radius 2 is 2.14 bits per heavy atom. The molecule has 1 fully saturated rings. The molecule has 1 aromatic rings. The molecule has 14 heavy (non-hydrogen) atoms.